The van der Waals surface area contributed by atoms with Crippen LogP contribution in [0.3, 0.4) is 0 Å². The van der Waals surface area contributed by atoms with Crippen molar-refractivity contribution < 1.29 is 42.4 Å². The quantitative estimate of drug-likeness (QED) is 0.645. The van der Waals surface area contributed by atoms with Gasteiger partial charge in [-0.25, -0.2) is 0 Å². The molecule has 2 aliphatic rings. The molecule has 7 nitrogen and oxygen atoms in total. The smallest absolute Gasteiger partial charge is 0.448 e. The van der Waals surface area contributed by atoms with E-state index in [2.05, 4.69) is 17.9 Å². The van der Waals surface area contributed by atoms with Gasteiger partial charge in [-0.1, -0.05) is 31.4 Å². The van der Waals surface area contributed by atoms with Crippen LogP contribution in [0.5, 0.6) is 17.2 Å². The van der Waals surface area contributed by atoms with Gasteiger partial charge in [0.15, 0.2) is 11.5 Å². The number of benzene rings is 2. The summed E-state index contributed by atoms with van der Waals surface area (Å²) >= 11 is 0. The molecule has 2 aliphatic heterocycles. The number of aliphatic hydroxyl groups is 1. The van der Waals surface area contributed by atoms with E-state index in [1.54, 1.807) is 31.2 Å². The summed E-state index contributed by atoms with van der Waals surface area (Å²) in [7, 11) is 1.00. The van der Waals surface area contributed by atoms with Crippen molar-refractivity contribution in [2.75, 3.05) is 25.3 Å². The first kappa shape index (κ1) is 25.6. The fraction of sp³-hybridized carbons (Fsp3) is 0.261. The van der Waals surface area contributed by atoms with Crippen LogP contribution in [0.25, 0.3) is 0 Å². The zero-order valence-electron chi connectivity index (χ0n) is 18.1. The molecule has 0 aromatic heterocycles. The van der Waals surface area contributed by atoms with E-state index < -0.39 is 11.9 Å². The highest BCUT2D eigenvalue weighted by atomic mass is 19.4. The summed E-state index contributed by atoms with van der Waals surface area (Å²) in [4.78, 5) is 13.5. The Morgan fingerprint density at radius 1 is 1.15 bits per heavy atom. The number of phenols is 1. The maximum Gasteiger partial charge on any atom is 0.448 e. The number of carbonyl (C=O) groups is 1. The van der Waals surface area contributed by atoms with Crippen LogP contribution in [0.2, 0.25) is 0 Å². The van der Waals surface area contributed by atoms with Crippen LogP contribution in [0.1, 0.15) is 18.4 Å². The molecule has 2 N–H and O–H groups in total. The number of anilines is 1. The van der Waals surface area contributed by atoms with Gasteiger partial charge in [0.25, 0.3) is 0 Å². The zero-order valence-corrected chi connectivity index (χ0v) is 18.1. The van der Waals surface area contributed by atoms with E-state index in [9.17, 15) is 18.0 Å². The van der Waals surface area contributed by atoms with Crippen molar-refractivity contribution in [2.45, 2.75) is 19.0 Å². The maximum atomic E-state index is 12.4. The molecule has 1 atom stereocenters. The number of phenolic OH excluding ortho intramolecular Hbond substituents is 1. The predicted octanol–water partition coefficient (Wildman–Crippen LogP) is 4.47. The fourth-order valence-corrected chi connectivity index (χ4v) is 3.07. The average Bonchev–Trinajstić information content (AvgIpc) is 3.33. The SMILES string of the molecule is C=C(CN1C(=O)C(C)c2ccccc21)OC(=C)C(F)(F)F.CO.Oc1ccc2c(c1)OCO2. The van der Waals surface area contributed by atoms with E-state index in [4.69, 9.17) is 19.7 Å². The number of halogens is 3. The minimum Gasteiger partial charge on any atom is -0.508 e. The number of carbonyl (C=O) groups excluding carboxylic acids is 1. The molecule has 33 heavy (non-hydrogen) atoms. The minimum atomic E-state index is -4.65. The fourth-order valence-electron chi connectivity index (χ4n) is 3.07. The molecule has 0 spiro atoms. The molecule has 0 radical (unpaired) electrons. The minimum absolute atomic E-state index is 0.144. The first-order valence-electron chi connectivity index (χ1n) is 9.63. The molecule has 2 heterocycles. The molecule has 0 saturated carbocycles. The number of aromatic hydroxyl groups is 1. The number of fused-ring (bicyclic) bond motifs is 2. The normalized spacial score (nSPS) is 15.5. The van der Waals surface area contributed by atoms with Gasteiger partial charge in [-0.3, -0.25) is 4.79 Å². The molecular weight excluding hydrogens is 443 g/mol. The maximum absolute atomic E-state index is 12.4. The number of aliphatic hydroxyl groups excluding tert-OH is 1. The number of para-hydroxylation sites is 1. The van der Waals surface area contributed by atoms with Crippen molar-refractivity contribution in [2.24, 2.45) is 0 Å². The monoisotopic (exact) mass is 467 g/mol. The van der Waals surface area contributed by atoms with Crippen LogP contribution in [-0.2, 0) is 9.53 Å². The highest BCUT2D eigenvalue weighted by Gasteiger charge is 2.37. The van der Waals surface area contributed by atoms with Crippen LogP contribution in [-0.4, -0.2) is 42.7 Å². The highest BCUT2D eigenvalue weighted by Crippen LogP contribution is 2.37. The lowest BCUT2D eigenvalue weighted by Gasteiger charge is -2.20. The van der Waals surface area contributed by atoms with Gasteiger partial charge in [0.2, 0.25) is 18.5 Å². The van der Waals surface area contributed by atoms with E-state index >= 15 is 0 Å². The zero-order chi connectivity index (χ0) is 24.8. The molecule has 4 rings (SSSR count). The van der Waals surface area contributed by atoms with E-state index in [-0.39, 0.29) is 36.7 Å². The molecule has 10 heteroatoms. The Hall–Kier alpha value is -3.66. The van der Waals surface area contributed by atoms with Crippen LogP contribution >= 0.6 is 0 Å². The molecule has 0 saturated heterocycles. The van der Waals surface area contributed by atoms with Gasteiger partial charge >= 0.3 is 6.18 Å². The molecular formula is C23H24F3NO6. The lowest BCUT2D eigenvalue weighted by atomic mass is 10.0. The van der Waals surface area contributed by atoms with Gasteiger partial charge in [-0.2, -0.15) is 13.2 Å². The van der Waals surface area contributed by atoms with Crippen molar-refractivity contribution in [1.82, 2.24) is 0 Å². The Labute approximate surface area is 188 Å². The summed E-state index contributed by atoms with van der Waals surface area (Å²) < 4.78 is 51.6. The van der Waals surface area contributed by atoms with Gasteiger partial charge in [-0.05, 0) is 30.7 Å². The second-order valence-corrected chi connectivity index (χ2v) is 6.80. The average molecular weight is 467 g/mol. The first-order chi connectivity index (χ1) is 15.6. The molecule has 1 unspecified atom stereocenters. The standard InChI is InChI=1S/C15H14F3NO2.C7H6O3.CH4O/c1-9(21-11(3)15(16,17)18)8-19-13-7-5-4-6-12(13)10(2)14(19)20;8-5-1-2-6-7(3-5)10-4-9-6;1-2/h4-7,10H,1,3,8H2,2H3;1-3,8H,4H2;2H,1H3. The van der Waals surface area contributed by atoms with Crippen LogP contribution in [0, 0.1) is 0 Å². The van der Waals surface area contributed by atoms with E-state index in [1.807, 2.05) is 12.1 Å². The van der Waals surface area contributed by atoms with Gasteiger partial charge in [-0.15, -0.1) is 0 Å². The summed E-state index contributed by atoms with van der Waals surface area (Å²) in [6.45, 7) is 8.09. The van der Waals surface area contributed by atoms with Gasteiger partial charge in [0.05, 0.1) is 12.5 Å². The van der Waals surface area contributed by atoms with Crippen molar-refractivity contribution in [3.05, 3.63) is 72.7 Å². The number of alkyl halides is 3. The number of allylic oxidation sites excluding steroid dienone is 1. The van der Waals surface area contributed by atoms with E-state index in [1.165, 1.54) is 11.0 Å². The second kappa shape index (κ2) is 10.8. The number of ether oxygens (including phenoxy) is 3. The number of hydrogen-bond acceptors (Lipinski definition) is 6. The van der Waals surface area contributed by atoms with Crippen molar-refractivity contribution >= 4 is 11.6 Å². The van der Waals surface area contributed by atoms with Crippen LogP contribution in [0.15, 0.2) is 67.1 Å². The molecule has 0 aliphatic carbocycles. The number of nitrogens with zero attached hydrogens (tertiary/aromatic N) is 1. The van der Waals surface area contributed by atoms with E-state index in [0.29, 0.717) is 17.2 Å². The summed E-state index contributed by atoms with van der Waals surface area (Å²) in [5, 5.41) is 16.0. The Balaban J connectivity index is 0.000000266. The number of rotatable bonds is 4. The third kappa shape index (κ3) is 6.19. The molecule has 0 fully saturated rings. The third-order valence-corrected chi connectivity index (χ3v) is 4.60. The van der Waals surface area contributed by atoms with Crippen molar-refractivity contribution in [1.29, 1.82) is 0 Å². The van der Waals surface area contributed by atoms with Crippen molar-refractivity contribution in [3.63, 3.8) is 0 Å². The van der Waals surface area contributed by atoms with Crippen LogP contribution in [0.4, 0.5) is 18.9 Å². The molecule has 1 amide bonds. The summed E-state index contributed by atoms with van der Waals surface area (Å²) in [5.41, 5.74) is 1.50. The van der Waals surface area contributed by atoms with Gasteiger partial charge < -0.3 is 29.3 Å². The third-order valence-electron chi connectivity index (χ3n) is 4.60. The first-order valence-corrected chi connectivity index (χ1v) is 9.63. The Morgan fingerprint density at radius 3 is 2.45 bits per heavy atom. The lowest BCUT2D eigenvalue weighted by molar-refractivity contribution is -0.123. The Bertz CT molecular complexity index is 1020. The van der Waals surface area contributed by atoms with Gasteiger partial charge in [0.1, 0.15) is 11.5 Å². The van der Waals surface area contributed by atoms with Crippen molar-refractivity contribution in [3.8, 4) is 17.2 Å². The Morgan fingerprint density at radius 2 is 1.79 bits per heavy atom. The topological polar surface area (TPSA) is 88.5 Å². The molecule has 2 aromatic rings. The lowest BCUT2D eigenvalue weighted by Crippen LogP contribution is -2.31. The van der Waals surface area contributed by atoms with Crippen LogP contribution < -0.4 is 14.4 Å². The predicted molar refractivity (Wildman–Crippen MR) is 115 cm³/mol. The highest BCUT2D eigenvalue weighted by molar-refractivity contribution is 6.04. The Kier molecular flexibility index (Phi) is 8.36. The largest absolute Gasteiger partial charge is 0.508 e. The summed E-state index contributed by atoms with van der Waals surface area (Å²) in [5.74, 6) is -0.560. The molecule has 0 bridgehead atoms. The molecule has 2 aromatic carbocycles. The van der Waals surface area contributed by atoms with E-state index in [0.717, 1.165) is 12.7 Å². The second-order valence-electron chi connectivity index (χ2n) is 6.80. The number of hydrogen-bond donors (Lipinski definition) is 2. The summed E-state index contributed by atoms with van der Waals surface area (Å²) in [6.07, 6.45) is -4.65. The summed E-state index contributed by atoms with van der Waals surface area (Å²) in [6, 6.07) is 11.9. The van der Waals surface area contributed by atoms with Gasteiger partial charge in [0, 0.05) is 18.9 Å². The molecule has 178 valence electrons. The number of amides is 1.